The number of rotatable bonds is 15. The van der Waals surface area contributed by atoms with Gasteiger partial charge in [-0.3, -0.25) is 24.5 Å². The van der Waals surface area contributed by atoms with Crippen molar-refractivity contribution in [3.63, 3.8) is 0 Å². The number of imidazole rings is 1. The second-order valence-electron chi connectivity index (χ2n) is 11.5. The van der Waals surface area contributed by atoms with E-state index < -0.39 is 11.9 Å². The van der Waals surface area contributed by atoms with Crippen molar-refractivity contribution >= 4 is 46.1 Å². The average molecular weight is 674 g/mol. The molecule has 4 aromatic rings. The highest BCUT2D eigenvalue weighted by atomic mass is 16.5. The van der Waals surface area contributed by atoms with E-state index in [1.807, 2.05) is 30.6 Å². The number of nitrogens with one attached hydrogen (secondary N) is 2. The van der Waals surface area contributed by atoms with Crippen molar-refractivity contribution < 1.29 is 28.6 Å². The summed E-state index contributed by atoms with van der Waals surface area (Å²) in [6.07, 6.45) is 4.61. The molecule has 3 heterocycles. The third-order valence-corrected chi connectivity index (χ3v) is 8.08. The molecule has 15 heteroatoms. The molecule has 49 heavy (non-hydrogen) atoms. The molecule has 1 aliphatic rings. The zero-order valence-electron chi connectivity index (χ0n) is 28.0. The van der Waals surface area contributed by atoms with Crippen LogP contribution in [0.4, 0.5) is 17.3 Å². The lowest BCUT2D eigenvalue weighted by molar-refractivity contribution is 0.0358. The van der Waals surface area contributed by atoms with E-state index in [1.54, 1.807) is 35.0 Å². The molecule has 2 aromatic heterocycles. The Morgan fingerprint density at radius 3 is 2.61 bits per heavy atom. The zero-order valence-corrected chi connectivity index (χ0v) is 28.0. The van der Waals surface area contributed by atoms with Crippen molar-refractivity contribution in [2.24, 2.45) is 5.73 Å². The molecule has 0 radical (unpaired) electrons. The van der Waals surface area contributed by atoms with Crippen molar-refractivity contribution in [2.75, 3.05) is 69.5 Å². The van der Waals surface area contributed by atoms with Gasteiger partial charge in [0.1, 0.15) is 17.1 Å². The fourth-order valence-electron chi connectivity index (χ4n) is 5.59. The minimum absolute atomic E-state index is 0.260. The van der Waals surface area contributed by atoms with Crippen LogP contribution >= 0.6 is 0 Å². The quantitative estimate of drug-likeness (QED) is 0.0627. The van der Waals surface area contributed by atoms with Gasteiger partial charge in [-0.15, -0.1) is 0 Å². The van der Waals surface area contributed by atoms with Crippen molar-refractivity contribution in [1.29, 1.82) is 0 Å². The Balaban J connectivity index is 1.30. The molecule has 0 atom stereocenters. The highest BCUT2D eigenvalue weighted by Gasteiger charge is 2.19. The number of esters is 1. The van der Waals surface area contributed by atoms with Gasteiger partial charge in [-0.2, -0.15) is 5.10 Å². The number of hydrogen-bond donors (Lipinski definition) is 4. The Bertz CT molecular complexity index is 1840. The number of primary amides is 1. The first-order chi connectivity index (χ1) is 23.7. The van der Waals surface area contributed by atoms with Gasteiger partial charge in [-0.05, 0) is 56.7 Å². The Labute approximate surface area is 284 Å². The summed E-state index contributed by atoms with van der Waals surface area (Å²) >= 11 is 0. The number of anilines is 3. The van der Waals surface area contributed by atoms with Crippen LogP contribution in [0.15, 0.2) is 48.6 Å². The monoisotopic (exact) mass is 673 g/mol. The van der Waals surface area contributed by atoms with Crippen LogP contribution in [-0.4, -0.2) is 95.1 Å². The van der Waals surface area contributed by atoms with Crippen LogP contribution in [-0.2, 0) is 22.6 Å². The van der Waals surface area contributed by atoms with Crippen molar-refractivity contribution in [2.45, 2.75) is 33.4 Å². The molecule has 2 amide bonds. The second-order valence-corrected chi connectivity index (χ2v) is 11.5. The summed E-state index contributed by atoms with van der Waals surface area (Å²) < 4.78 is 19.8. The smallest absolute Gasteiger partial charge is 0.337 e. The van der Waals surface area contributed by atoms with Gasteiger partial charge in [-0.25, -0.2) is 9.78 Å². The van der Waals surface area contributed by atoms with E-state index in [-0.39, 0.29) is 11.5 Å². The van der Waals surface area contributed by atoms with E-state index in [0.29, 0.717) is 71.6 Å². The lowest BCUT2D eigenvalue weighted by Crippen LogP contribution is -2.37. The highest BCUT2D eigenvalue weighted by Crippen LogP contribution is 2.33. The average Bonchev–Trinajstić information content (AvgIpc) is 3.65. The lowest BCUT2D eigenvalue weighted by Gasteiger charge is -2.26. The molecular weight excluding hydrogens is 630 g/mol. The summed E-state index contributed by atoms with van der Waals surface area (Å²) in [5, 5.41) is 10.6. The first-order valence-corrected chi connectivity index (χ1v) is 16.2. The van der Waals surface area contributed by atoms with Gasteiger partial charge >= 0.3 is 5.97 Å². The predicted octanol–water partition coefficient (Wildman–Crippen LogP) is 3.05. The lowest BCUT2D eigenvalue weighted by atomic mass is 10.1. The largest absolute Gasteiger partial charge is 0.491 e. The van der Waals surface area contributed by atoms with Crippen LogP contribution in [0.3, 0.4) is 0 Å². The Hall–Kier alpha value is -5.41. The number of nitrogen functional groups attached to an aromatic ring is 1. The van der Waals surface area contributed by atoms with E-state index in [1.165, 1.54) is 13.2 Å². The first-order valence-electron chi connectivity index (χ1n) is 16.2. The van der Waals surface area contributed by atoms with Gasteiger partial charge in [-0.1, -0.05) is 12.2 Å². The van der Waals surface area contributed by atoms with Crippen LogP contribution < -0.4 is 26.8 Å². The van der Waals surface area contributed by atoms with E-state index >= 15 is 0 Å². The molecule has 1 saturated heterocycles. The molecule has 15 nitrogen and oxygen atoms in total. The second kappa shape index (κ2) is 16.1. The summed E-state index contributed by atoms with van der Waals surface area (Å²) in [7, 11) is 1.32. The zero-order chi connectivity index (χ0) is 34.9. The number of allylic oxidation sites excluding steroid dienone is 1. The number of morpholine rings is 1. The number of nitrogens with two attached hydrogens (primary N) is 2. The van der Waals surface area contributed by atoms with Crippen LogP contribution in [0.1, 0.15) is 50.2 Å². The number of ether oxygens (including phenoxy) is 3. The number of fused-ring (bicyclic) bond motifs is 1. The topological polar surface area (TPSA) is 194 Å². The minimum atomic E-state index is -0.597. The molecular formula is C34H43N9O6. The standard InChI is InChI=1S/C34H43N9O6/c1-4-43-28(18-22(2)40-43)32(45)39-34-38-26-20-23(33(46)47-3)8-9-27(26)42(34)12-6-5-10-37-30-25(35)19-24(31(36)44)21-29(30)49-15-7-11-41-13-16-48-17-14-41/h5-6,8-9,18-21,37H,4,7,10-17,35H2,1-3H3,(H2,36,44)(H,38,39,45)/b6-5+. The van der Waals surface area contributed by atoms with E-state index in [0.717, 1.165) is 45.0 Å². The molecule has 2 aromatic carbocycles. The molecule has 5 rings (SSSR count). The number of amides is 2. The highest BCUT2D eigenvalue weighted by molar-refractivity contribution is 6.03. The number of carbonyl (C=O) groups is 3. The van der Waals surface area contributed by atoms with Crippen LogP contribution in [0.5, 0.6) is 5.75 Å². The summed E-state index contributed by atoms with van der Waals surface area (Å²) in [4.78, 5) is 44.4. The van der Waals surface area contributed by atoms with Crippen LogP contribution in [0, 0.1) is 6.92 Å². The Morgan fingerprint density at radius 2 is 1.88 bits per heavy atom. The predicted molar refractivity (Wildman–Crippen MR) is 186 cm³/mol. The van der Waals surface area contributed by atoms with Crippen molar-refractivity contribution in [3.05, 3.63) is 71.1 Å². The molecule has 1 fully saturated rings. The van der Waals surface area contributed by atoms with Gasteiger partial charge in [0.15, 0.2) is 0 Å². The number of hydrogen-bond acceptors (Lipinski definition) is 11. The number of carbonyl (C=O) groups excluding carboxylic acids is 3. The van der Waals surface area contributed by atoms with E-state index in [9.17, 15) is 14.4 Å². The number of aryl methyl sites for hydroxylation is 2. The van der Waals surface area contributed by atoms with Gasteiger partial charge < -0.3 is 35.6 Å². The van der Waals surface area contributed by atoms with Crippen LogP contribution in [0.2, 0.25) is 0 Å². The number of aromatic nitrogens is 4. The Kier molecular flexibility index (Phi) is 11.5. The van der Waals surface area contributed by atoms with E-state index in [4.69, 9.17) is 25.7 Å². The maximum absolute atomic E-state index is 13.3. The maximum atomic E-state index is 13.3. The molecule has 6 N–H and O–H groups in total. The SMILES string of the molecule is CCn1nc(C)cc1C(=O)Nc1nc2cc(C(=O)OC)ccc2n1C/C=C/CNc1c(N)cc(C(N)=O)cc1OCCCN1CCOCC1. The first kappa shape index (κ1) is 34.9. The van der Waals surface area contributed by atoms with Crippen LogP contribution in [0.25, 0.3) is 11.0 Å². The molecule has 1 aliphatic heterocycles. The van der Waals surface area contributed by atoms with Gasteiger partial charge in [0.2, 0.25) is 11.9 Å². The molecule has 260 valence electrons. The van der Waals surface area contributed by atoms with E-state index in [2.05, 4.69) is 25.6 Å². The maximum Gasteiger partial charge on any atom is 0.337 e. The molecule has 0 bridgehead atoms. The summed E-state index contributed by atoms with van der Waals surface area (Å²) in [6.45, 7) is 9.54. The third kappa shape index (κ3) is 8.55. The Morgan fingerprint density at radius 1 is 1.08 bits per heavy atom. The summed E-state index contributed by atoms with van der Waals surface area (Å²) in [5.41, 5.74) is 15.7. The number of methoxy groups -OCH3 is 1. The molecule has 0 spiro atoms. The van der Waals surface area contributed by atoms with Crippen molar-refractivity contribution in [1.82, 2.24) is 24.2 Å². The van der Waals surface area contributed by atoms with Gasteiger partial charge in [0, 0.05) is 44.8 Å². The summed E-state index contributed by atoms with van der Waals surface area (Å²) in [5.74, 6) is -0.693. The molecule has 0 aliphatic carbocycles. The summed E-state index contributed by atoms with van der Waals surface area (Å²) in [6, 6.07) is 9.88. The molecule has 0 unspecified atom stereocenters. The fraction of sp³-hybridized carbons (Fsp3) is 0.382. The normalized spacial score (nSPS) is 13.5. The minimum Gasteiger partial charge on any atom is -0.491 e. The van der Waals surface area contributed by atoms with Gasteiger partial charge in [0.25, 0.3) is 5.91 Å². The van der Waals surface area contributed by atoms with Gasteiger partial charge in [0.05, 0.1) is 54.9 Å². The molecule has 0 saturated carbocycles. The third-order valence-electron chi connectivity index (χ3n) is 8.08. The number of benzene rings is 2. The fourth-order valence-corrected chi connectivity index (χ4v) is 5.59. The van der Waals surface area contributed by atoms with Crippen molar-refractivity contribution in [3.8, 4) is 5.75 Å². The number of nitrogens with zero attached hydrogens (tertiary/aromatic N) is 5.